The van der Waals surface area contributed by atoms with E-state index in [4.69, 9.17) is 12.2 Å². The molecule has 4 rings (SSSR count). The van der Waals surface area contributed by atoms with Crippen LogP contribution in [0.25, 0.3) is 21.5 Å². The first-order chi connectivity index (χ1) is 14.5. The third-order valence-electron chi connectivity index (χ3n) is 4.75. The second-order valence-electron chi connectivity index (χ2n) is 6.76. The fourth-order valence-electron chi connectivity index (χ4n) is 3.21. The molecule has 3 aromatic heterocycles. The second kappa shape index (κ2) is 8.63. The van der Waals surface area contributed by atoms with E-state index in [1.54, 1.807) is 40.9 Å². The first kappa shape index (κ1) is 20.6. The van der Waals surface area contributed by atoms with Crippen LogP contribution >= 0.6 is 34.9 Å². The number of aryl methyl sites for hydroxylation is 1. The third kappa shape index (κ3) is 4.14. The Hall–Kier alpha value is -2.62. The summed E-state index contributed by atoms with van der Waals surface area (Å²) in [4.78, 5) is 34.9. The van der Waals surface area contributed by atoms with E-state index in [1.807, 2.05) is 13.8 Å². The highest BCUT2D eigenvalue weighted by Gasteiger charge is 2.11. The standard InChI is InChI=1S/C21H20N4O2S3/c1-3-25-20(27)15-6-4-13(10-16(15)24-21(25)28)19(26)22-9-8-14-5-7-18(30-14)17-11-29-12(2)23-17/h4-7,10-11H,3,8-9H2,1-2H3,(H,22,26)(H,24,28). The Labute approximate surface area is 186 Å². The van der Waals surface area contributed by atoms with E-state index >= 15 is 0 Å². The van der Waals surface area contributed by atoms with Gasteiger partial charge in [0.2, 0.25) is 0 Å². The summed E-state index contributed by atoms with van der Waals surface area (Å²) in [7, 11) is 0. The molecule has 6 nitrogen and oxygen atoms in total. The third-order valence-corrected chi connectivity index (χ3v) is 7.01. The van der Waals surface area contributed by atoms with Crippen LogP contribution in [0.2, 0.25) is 0 Å². The summed E-state index contributed by atoms with van der Waals surface area (Å²) < 4.78 is 1.86. The van der Waals surface area contributed by atoms with Crippen LogP contribution in [0, 0.1) is 11.7 Å². The topological polar surface area (TPSA) is 79.8 Å². The number of rotatable bonds is 6. The number of thiophene rings is 1. The molecule has 0 aliphatic carbocycles. The monoisotopic (exact) mass is 456 g/mol. The van der Waals surface area contributed by atoms with Crippen molar-refractivity contribution in [3.63, 3.8) is 0 Å². The second-order valence-corrected chi connectivity index (χ2v) is 9.38. The average molecular weight is 457 g/mol. The number of nitrogens with zero attached hydrogens (tertiary/aromatic N) is 2. The Morgan fingerprint density at radius 2 is 2.13 bits per heavy atom. The van der Waals surface area contributed by atoms with Crippen LogP contribution in [-0.2, 0) is 13.0 Å². The van der Waals surface area contributed by atoms with Crippen LogP contribution in [0.5, 0.6) is 0 Å². The highest BCUT2D eigenvalue weighted by Crippen LogP contribution is 2.29. The molecule has 0 saturated heterocycles. The fraction of sp³-hybridized carbons (Fsp3) is 0.238. The quantitative estimate of drug-likeness (QED) is 0.417. The molecule has 154 valence electrons. The van der Waals surface area contributed by atoms with E-state index in [0.717, 1.165) is 22.0 Å². The highest BCUT2D eigenvalue weighted by molar-refractivity contribution is 7.71. The average Bonchev–Trinajstić information content (AvgIpc) is 3.36. The van der Waals surface area contributed by atoms with Crippen molar-refractivity contribution in [1.29, 1.82) is 0 Å². The molecule has 4 aromatic rings. The van der Waals surface area contributed by atoms with Crippen molar-refractivity contribution < 1.29 is 4.79 Å². The maximum atomic E-state index is 12.6. The van der Waals surface area contributed by atoms with Gasteiger partial charge in [-0.05, 0) is 62.8 Å². The number of thiazole rings is 1. The largest absolute Gasteiger partial charge is 0.352 e. The first-order valence-corrected chi connectivity index (χ1v) is 11.6. The van der Waals surface area contributed by atoms with Crippen molar-refractivity contribution in [2.45, 2.75) is 26.8 Å². The minimum absolute atomic E-state index is 0.146. The normalized spacial score (nSPS) is 11.1. The lowest BCUT2D eigenvalue weighted by molar-refractivity contribution is 0.0954. The molecular weight excluding hydrogens is 436 g/mol. The molecule has 0 fully saturated rings. The summed E-state index contributed by atoms with van der Waals surface area (Å²) in [6.45, 7) is 4.89. The maximum absolute atomic E-state index is 12.6. The number of hydrogen-bond donors (Lipinski definition) is 2. The van der Waals surface area contributed by atoms with E-state index in [1.165, 1.54) is 9.44 Å². The predicted molar refractivity (Wildman–Crippen MR) is 125 cm³/mol. The molecule has 2 N–H and O–H groups in total. The molecule has 0 unspecified atom stereocenters. The smallest absolute Gasteiger partial charge is 0.262 e. The van der Waals surface area contributed by atoms with Crippen molar-refractivity contribution in [3.8, 4) is 10.6 Å². The van der Waals surface area contributed by atoms with Crippen LogP contribution in [0.4, 0.5) is 0 Å². The summed E-state index contributed by atoms with van der Waals surface area (Å²) in [5.74, 6) is -0.178. The van der Waals surface area contributed by atoms with E-state index in [9.17, 15) is 9.59 Å². The predicted octanol–water partition coefficient (Wildman–Crippen LogP) is 4.54. The van der Waals surface area contributed by atoms with Gasteiger partial charge in [0.25, 0.3) is 11.5 Å². The van der Waals surface area contributed by atoms with Crippen LogP contribution in [0.3, 0.4) is 0 Å². The number of carbonyl (C=O) groups is 1. The Bertz CT molecular complexity index is 1350. The molecule has 1 amide bonds. The van der Waals surface area contributed by atoms with Crippen molar-refractivity contribution in [3.05, 3.63) is 66.3 Å². The molecule has 1 aromatic carbocycles. The van der Waals surface area contributed by atoms with Crippen molar-refractivity contribution in [2.24, 2.45) is 0 Å². The zero-order chi connectivity index (χ0) is 21.3. The maximum Gasteiger partial charge on any atom is 0.262 e. The van der Waals surface area contributed by atoms with Crippen LogP contribution in [-0.4, -0.2) is 27.0 Å². The lowest BCUT2D eigenvalue weighted by atomic mass is 10.1. The zero-order valence-electron chi connectivity index (χ0n) is 16.5. The molecule has 0 bridgehead atoms. The van der Waals surface area contributed by atoms with Crippen LogP contribution in [0.1, 0.15) is 27.2 Å². The number of amides is 1. The van der Waals surface area contributed by atoms with Crippen molar-refractivity contribution in [2.75, 3.05) is 6.54 Å². The van der Waals surface area contributed by atoms with Crippen molar-refractivity contribution >= 4 is 51.7 Å². The molecule has 0 radical (unpaired) electrons. The Morgan fingerprint density at radius 1 is 1.30 bits per heavy atom. The molecule has 0 aliphatic heterocycles. The van der Waals surface area contributed by atoms with E-state index in [2.05, 4.69) is 32.8 Å². The van der Waals surface area contributed by atoms with E-state index < -0.39 is 0 Å². The van der Waals surface area contributed by atoms with Gasteiger partial charge in [0, 0.05) is 28.9 Å². The molecule has 0 aliphatic rings. The van der Waals surface area contributed by atoms with Gasteiger partial charge in [-0.25, -0.2) is 4.98 Å². The number of H-pyrrole nitrogens is 1. The van der Waals surface area contributed by atoms with Gasteiger partial charge in [-0.2, -0.15) is 0 Å². The SMILES string of the molecule is CCn1c(=S)[nH]c2cc(C(=O)NCCc3ccc(-c4csc(C)n4)s3)ccc2c1=O. The van der Waals surface area contributed by atoms with Gasteiger partial charge in [-0.3, -0.25) is 14.2 Å². The molecule has 0 saturated carbocycles. The lowest BCUT2D eigenvalue weighted by Crippen LogP contribution is -2.26. The van der Waals surface area contributed by atoms with Crippen LogP contribution < -0.4 is 10.9 Å². The highest BCUT2D eigenvalue weighted by atomic mass is 32.1. The van der Waals surface area contributed by atoms with Crippen molar-refractivity contribution in [1.82, 2.24) is 19.9 Å². The van der Waals surface area contributed by atoms with E-state index in [-0.39, 0.29) is 11.5 Å². The summed E-state index contributed by atoms with van der Waals surface area (Å²) in [5, 5.41) is 6.58. The molecule has 30 heavy (non-hydrogen) atoms. The zero-order valence-corrected chi connectivity index (χ0v) is 19.0. The molecule has 9 heteroatoms. The van der Waals surface area contributed by atoms with Gasteiger partial charge < -0.3 is 10.3 Å². The number of hydrogen-bond acceptors (Lipinski definition) is 6. The van der Waals surface area contributed by atoms with Crippen LogP contribution in [0.15, 0.2) is 40.5 Å². The molecule has 0 spiro atoms. The van der Waals surface area contributed by atoms with Gasteiger partial charge >= 0.3 is 0 Å². The van der Waals surface area contributed by atoms with Gasteiger partial charge in [-0.15, -0.1) is 22.7 Å². The summed E-state index contributed by atoms with van der Waals surface area (Å²) in [6, 6.07) is 9.17. The minimum atomic E-state index is -0.178. The number of fused-ring (bicyclic) bond motifs is 1. The number of nitrogens with one attached hydrogen (secondary N) is 2. The summed E-state index contributed by atoms with van der Waals surface area (Å²) in [6.07, 6.45) is 0.747. The summed E-state index contributed by atoms with van der Waals surface area (Å²) >= 11 is 8.58. The number of aromatic nitrogens is 3. The van der Waals surface area contributed by atoms with Gasteiger partial charge in [0.05, 0.1) is 26.5 Å². The molecule has 0 atom stereocenters. The Morgan fingerprint density at radius 3 is 2.87 bits per heavy atom. The molecular formula is C21H20N4O2S3. The van der Waals surface area contributed by atoms with Gasteiger partial charge in [-0.1, -0.05) is 0 Å². The lowest BCUT2D eigenvalue weighted by Gasteiger charge is -2.08. The number of carbonyl (C=O) groups excluding carboxylic acids is 1. The first-order valence-electron chi connectivity index (χ1n) is 9.52. The minimum Gasteiger partial charge on any atom is -0.352 e. The van der Waals surface area contributed by atoms with Gasteiger partial charge in [0.1, 0.15) is 0 Å². The Kier molecular flexibility index (Phi) is 5.94. The molecule has 3 heterocycles. The fourth-order valence-corrected chi connectivity index (χ4v) is 5.19. The number of benzene rings is 1. The van der Waals surface area contributed by atoms with E-state index in [0.29, 0.717) is 34.3 Å². The Balaban J connectivity index is 1.43. The van der Waals surface area contributed by atoms with Gasteiger partial charge in [0.15, 0.2) is 4.77 Å². The summed E-state index contributed by atoms with van der Waals surface area (Å²) in [5.41, 5.74) is 1.93. The number of aromatic amines is 1.